The molecule has 1 fully saturated rings. The minimum absolute atomic E-state index is 0.478. The molecule has 0 bridgehead atoms. The lowest BCUT2D eigenvalue weighted by molar-refractivity contribution is 0.00859. The van der Waals surface area contributed by atoms with Crippen LogP contribution in [0, 0.1) is 0 Å². The van der Waals surface area contributed by atoms with Crippen molar-refractivity contribution >= 4 is 5.96 Å². The minimum Gasteiger partial charge on any atom is -0.489 e. The van der Waals surface area contributed by atoms with Crippen LogP contribution in [0.3, 0.4) is 0 Å². The first-order valence-corrected chi connectivity index (χ1v) is 9.23. The fourth-order valence-corrected chi connectivity index (χ4v) is 3.06. The summed E-state index contributed by atoms with van der Waals surface area (Å²) in [5.74, 6) is 1.55. The van der Waals surface area contributed by atoms with Crippen LogP contribution in [-0.4, -0.2) is 36.4 Å². The molecule has 1 aromatic rings. The van der Waals surface area contributed by atoms with Crippen LogP contribution in [-0.2, 0) is 6.54 Å². The van der Waals surface area contributed by atoms with E-state index in [0.717, 1.165) is 49.5 Å². The van der Waals surface area contributed by atoms with Gasteiger partial charge in [0.15, 0.2) is 5.96 Å². The first-order valence-electron chi connectivity index (χ1n) is 9.23. The molecule has 3 N–H and O–H groups in total. The Hall–Kier alpha value is -2.01. The summed E-state index contributed by atoms with van der Waals surface area (Å²) < 4.78 is 5.68. The third kappa shape index (κ3) is 6.42. The lowest BCUT2D eigenvalue weighted by Gasteiger charge is -2.32. The van der Waals surface area contributed by atoms with Crippen LogP contribution in [0.25, 0.3) is 0 Å². The zero-order valence-corrected chi connectivity index (χ0v) is 15.3. The van der Waals surface area contributed by atoms with Gasteiger partial charge in [0.05, 0.1) is 12.1 Å². The molecule has 0 unspecified atom stereocenters. The number of para-hydroxylation sites is 1. The summed E-state index contributed by atoms with van der Waals surface area (Å²) in [7, 11) is 0. The molecule has 1 saturated carbocycles. The highest BCUT2D eigenvalue weighted by Crippen LogP contribution is 2.27. The van der Waals surface area contributed by atoms with E-state index in [1.807, 2.05) is 31.2 Å². The Labute approximate surface area is 151 Å². The summed E-state index contributed by atoms with van der Waals surface area (Å²) >= 11 is 0. The number of aliphatic imine (C=N–C) groups is 1. The molecule has 0 aromatic heterocycles. The molecule has 5 nitrogen and oxygen atoms in total. The van der Waals surface area contributed by atoms with E-state index >= 15 is 0 Å². The molecule has 0 amide bonds. The van der Waals surface area contributed by atoms with Crippen LogP contribution >= 0.6 is 0 Å². The van der Waals surface area contributed by atoms with Gasteiger partial charge in [0.1, 0.15) is 12.4 Å². The van der Waals surface area contributed by atoms with Crippen LogP contribution in [0.15, 0.2) is 41.9 Å². The number of guanidine groups is 1. The lowest BCUT2D eigenvalue weighted by Crippen LogP contribution is -2.48. The van der Waals surface area contributed by atoms with Gasteiger partial charge in [-0.15, -0.1) is 0 Å². The zero-order chi connectivity index (χ0) is 18.0. The van der Waals surface area contributed by atoms with Gasteiger partial charge < -0.3 is 20.5 Å². The number of hydrogen-bond donors (Lipinski definition) is 3. The molecule has 1 aromatic carbocycles. The summed E-state index contributed by atoms with van der Waals surface area (Å²) in [6.07, 6.45) is 6.86. The minimum atomic E-state index is -0.612. The van der Waals surface area contributed by atoms with Crippen molar-refractivity contribution in [1.29, 1.82) is 0 Å². The van der Waals surface area contributed by atoms with E-state index in [-0.39, 0.29) is 0 Å². The highest BCUT2D eigenvalue weighted by molar-refractivity contribution is 5.79. The first-order chi connectivity index (χ1) is 12.2. The molecule has 0 spiro atoms. The van der Waals surface area contributed by atoms with Gasteiger partial charge in [0.2, 0.25) is 0 Å². The van der Waals surface area contributed by atoms with Crippen LogP contribution in [0.1, 0.15) is 44.6 Å². The highest BCUT2D eigenvalue weighted by atomic mass is 16.5. The summed E-state index contributed by atoms with van der Waals surface area (Å²) in [6, 6.07) is 7.89. The fraction of sp³-hybridized carbons (Fsp3) is 0.550. The van der Waals surface area contributed by atoms with Crippen molar-refractivity contribution in [3.8, 4) is 5.75 Å². The number of rotatable bonds is 8. The molecule has 1 aliphatic carbocycles. The number of benzene rings is 1. The molecule has 0 atom stereocenters. The molecule has 5 heteroatoms. The smallest absolute Gasteiger partial charge is 0.191 e. The normalized spacial score (nSPS) is 17.0. The molecule has 0 saturated heterocycles. The average molecular weight is 345 g/mol. The van der Waals surface area contributed by atoms with Gasteiger partial charge in [0, 0.05) is 18.7 Å². The molecule has 25 heavy (non-hydrogen) atoms. The van der Waals surface area contributed by atoms with Crippen molar-refractivity contribution in [3.63, 3.8) is 0 Å². The summed E-state index contributed by atoms with van der Waals surface area (Å²) in [5, 5.41) is 17.2. The Morgan fingerprint density at radius 2 is 2.04 bits per heavy atom. The van der Waals surface area contributed by atoms with Crippen molar-refractivity contribution in [1.82, 2.24) is 10.6 Å². The standard InChI is InChI=1S/C20H31N3O2/c1-3-14-25-18-11-7-6-10-17(18)15-22-19(21-4-2)23-16-20(24)12-8-5-9-13-20/h3,6-7,10-11,24H,1,4-5,8-9,12-16H2,2H3,(H2,21,22,23). The second kappa shape index (κ2) is 10.1. The van der Waals surface area contributed by atoms with Crippen LogP contribution in [0.2, 0.25) is 0 Å². The quantitative estimate of drug-likeness (QED) is 0.385. The molecule has 0 radical (unpaired) electrons. The van der Waals surface area contributed by atoms with E-state index < -0.39 is 5.60 Å². The van der Waals surface area contributed by atoms with Crippen molar-refractivity contribution in [2.75, 3.05) is 19.7 Å². The number of hydrogen-bond acceptors (Lipinski definition) is 3. The Balaban J connectivity index is 1.98. The van der Waals surface area contributed by atoms with Gasteiger partial charge in [-0.1, -0.05) is 50.1 Å². The van der Waals surface area contributed by atoms with Gasteiger partial charge in [0.25, 0.3) is 0 Å². The SMILES string of the molecule is C=CCOc1ccccc1CN=C(NCC)NCC1(O)CCCCC1. The number of aliphatic hydroxyl groups is 1. The van der Waals surface area contributed by atoms with Crippen LogP contribution < -0.4 is 15.4 Å². The second-order valence-corrected chi connectivity index (χ2v) is 6.54. The van der Waals surface area contributed by atoms with Crippen LogP contribution in [0.5, 0.6) is 5.75 Å². The monoisotopic (exact) mass is 345 g/mol. The average Bonchev–Trinajstić information content (AvgIpc) is 2.63. The highest BCUT2D eigenvalue weighted by Gasteiger charge is 2.29. The van der Waals surface area contributed by atoms with Gasteiger partial charge in [-0.05, 0) is 25.8 Å². The zero-order valence-electron chi connectivity index (χ0n) is 15.3. The largest absolute Gasteiger partial charge is 0.489 e. The molecule has 2 rings (SSSR count). The summed E-state index contributed by atoms with van der Waals surface area (Å²) in [6.45, 7) is 8.02. The van der Waals surface area contributed by atoms with Gasteiger partial charge in [-0.25, -0.2) is 4.99 Å². The van der Waals surface area contributed by atoms with Crippen LogP contribution in [0.4, 0.5) is 0 Å². The van der Waals surface area contributed by atoms with E-state index in [1.165, 1.54) is 6.42 Å². The van der Waals surface area contributed by atoms with Crippen molar-refractivity contribution in [2.24, 2.45) is 4.99 Å². The summed E-state index contributed by atoms with van der Waals surface area (Å²) in [5.41, 5.74) is 0.414. The van der Waals surface area contributed by atoms with Gasteiger partial charge >= 0.3 is 0 Å². The lowest BCUT2D eigenvalue weighted by atomic mass is 9.85. The molecule has 138 valence electrons. The van der Waals surface area contributed by atoms with E-state index in [2.05, 4.69) is 22.2 Å². The maximum Gasteiger partial charge on any atom is 0.191 e. The molecule has 0 heterocycles. The third-order valence-corrected chi connectivity index (χ3v) is 4.45. The Bertz CT molecular complexity index is 566. The maximum atomic E-state index is 10.6. The predicted molar refractivity (Wildman–Crippen MR) is 103 cm³/mol. The van der Waals surface area contributed by atoms with Gasteiger partial charge in [-0.3, -0.25) is 0 Å². The molecule has 1 aliphatic rings. The third-order valence-electron chi connectivity index (χ3n) is 4.45. The maximum absolute atomic E-state index is 10.6. The first kappa shape index (κ1) is 19.3. The van der Waals surface area contributed by atoms with Crippen molar-refractivity contribution in [3.05, 3.63) is 42.5 Å². The van der Waals surface area contributed by atoms with E-state index in [4.69, 9.17) is 4.74 Å². The second-order valence-electron chi connectivity index (χ2n) is 6.54. The topological polar surface area (TPSA) is 65.9 Å². The van der Waals surface area contributed by atoms with E-state index in [9.17, 15) is 5.11 Å². The Morgan fingerprint density at radius 3 is 2.76 bits per heavy atom. The molecular weight excluding hydrogens is 314 g/mol. The van der Waals surface area contributed by atoms with E-state index in [0.29, 0.717) is 19.7 Å². The van der Waals surface area contributed by atoms with Crippen molar-refractivity contribution < 1.29 is 9.84 Å². The predicted octanol–water partition coefficient (Wildman–Crippen LogP) is 3.00. The number of nitrogens with zero attached hydrogens (tertiary/aromatic N) is 1. The summed E-state index contributed by atoms with van der Waals surface area (Å²) in [4.78, 5) is 4.65. The Morgan fingerprint density at radius 1 is 1.28 bits per heavy atom. The van der Waals surface area contributed by atoms with Crippen molar-refractivity contribution in [2.45, 2.75) is 51.2 Å². The fourth-order valence-electron chi connectivity index (χ4n) is 3.06. The van der Waals surface area contributed by atoms with E-state index in [1.54, 1.807) is 6.08 Å². The molecular formula is C20H31N3O2. The number of ether oxygens (including phenoxy) is 1. The van der Waals surface area contributed by atoms with Gasteiger partial charge in [-0.2, -0.15) is 0 Å². The molecule has 0 aliphatic heterocycles. The Kier molecular flexibility index (Phi) is 7.79. The number of nitrogens with one attached hydrogen (secondary N) is 2.